The standard InChI is InChI=1S/C16H24BrClN2/c1-12(2)9-19-10-15-4-3-7-20(15)11-13-5-6-14(17)8-16(13)18/h5-6,8,12,15,19H,3-4,7,9-11H2,1-2H3. The molecule has 1 N–H and O–H groups in total. The van der Waals surface area contributed by atoms with E-state index in [4.69, 9.17) is 11.6 Å². The highest BCUT2D eigenvalue weighted by Gasteiger charge is 2.24. The van der Waals surface area contributed by atoms with E-state index in [0.717, 1.165) is 29.1 Å². The molecule has 1 saturated heterocycles. The van der Waals surface area contributed by atoms with Gasteiger partial charge in [0.15, 0.2) is 0 Å². The largest absolute Gasteiger partial charge is 0.315 e. The molecule has 4 heteroatoms. The van der Waals surface area contributed by atoms with E-state index in [1.54, 1.807) is 0 Å². The average Bonchev–Trinajstić information content (AvgIpc) is 2.80. The van der Waals surface area contributed by atoms with E-state index in [1.165, 1.54) is 24.9 Å². The molecule has 1 atom stereocenters. The molecule has 0 amide bonds. The Morgan fingerprint density at radius 1 is 1.45 bits per heavy atom. The fourth-order valence-corrected chi connectivity index (χ4v) is 3.47. The SMILES string of the molecule is CC(C)CNCC1CCCN1Cc1ccc(Br)cc1Cl. The van der Waals surface area contributed by atoms with Crippen LogP contribution in [-0.2, 0) is 6.54 Å². The molecule has 112 valence electrons. The molecule has 1 aromatic carbocycles. The molecule has 0 spiro atoms. The van der Waals surface area contributed by atoms with E-state index in [2.05, 4.69) is 52.1 Å². The van der Waals surface area contributed by atoms with Crippen molar-refractivity contribution in [3.63, 3.8) is 0 Å². The summed E-state index contributed by atoms with van der Waals surface area (Å²) in [5, 5.41) is 4.45. The van der Waals surface area contributed by atoms with E-state index in [9.17, 15) is 0 Å². The average molecular weight is 360 g/mol. The van der Waals surface area contributed by atoms with Gasteiger partial charge in [-0.2, -0.15) is 0 Å². The van der Waals surface area contributed by atoms with E-state index in [1.807, 2.05) is 6.07 Å². The van der Waals surface area contributed by atoms with E-state index in [0.29, 0.717) is 12.0 Å². The summed E-state index contributed by atoms with van der Waals surface area (Å²) >= 11 is 9.79. The van der Waals surface area contributed by atoms with E-state index < -0.39 is 0 Å². The second-order valence-corrected chi connectivity index (χ2v) is 7.38. The number of nitrogens with zero attached hydrogens (tertiary/aromatic N) is 1. The highest BCUT2D eigenvalue weighted by Crippen LogP contribution is 2.26. The third kappa shape index (κ3) is 4.73. The molecule has 1 heterocycles. The summed E-state index contributed by atoms with van der Waals surface area (Å²) in [6, 6.07) is 6.83. The fraction of sp³-hybridized carbons (Fsp3) is 0.625. The molecule has 1 unspecified atom stereocenters. The molecule has 1 aromatic rings. The minimum absolute atomic E-state index is 0.647. The quantitative estimate of drug-likeness (QED) is 0.814. The van der Waals surface area contributed by atoms with Crippen LogP contribution >= 0.6 is 27.5 Å². The third-order valence-corrected chi connectivity index (χ3v) is 4.67. The summed E-state index contributed by atoms with van der Waals surface area (Å²) < 4.78 is 1.04. The maximum Gasteiger partial charge on any atom is 0.0462 e. The van der Waals surface area contributed by atoms with Crippen molar-refractivity contribution in [3.05, 3.63) is 33.3 Å². The van der Waals surface area contributed by atoms with Crippen LogP contribution in [0.2, 0.25) is 5.02 Å². The van der Waals surface area contributed by atoms with Gasteiger partial charge in [-0.3, -0.25) is 4.90 Å². The van der Waals surface area contributed by atoms with Crippen LogP contribution in [0.5, 0.6) is 0 Å². The maximum absolute atomic E-state index is 6.33. The summed E-state index contributed by atoms with van der Waals surface area (Å²) in [5.41, 5.74) is 1.23. The Hall–Kier alpha value is -0.0900. The van der Waals surface area contributed by atoms with E-state index in [-0.39, 0.29) is 0 Å². The zero-order valence-corrected chi connectivity index (χ0v) is 14.7. The van der Waals surface area contributed by atoms with E-state index >= 15 is 0 Å². The minimum Gasteiger partial charge on any atom is -0.315 e. The van der Waals surface area contributed by atoms with Gasteiger partial charge in [-0.05, 0) is 49.5 Å². The molecule has 20 heavy (non-hydrogen) atoms. The second kappa shape index (κ2) is 7.79. The van der Waals surface area contributed by atoms with Crippen molar-refractivity contribution < 1.29 is 0 Å². The van der Waals surface area contributed by atoms with Crippen LogP contribution < -0.4 is 5.32 Å². The molecule has 2 rings (SSSR count). The first-order valence-corrected chi connectivity index (χ1v) is 8.62. The number of halogens is 2. The third-order valence-electron chi connectivity index (χ3n) is 3.82. The first-order chi connectivity index (χ1) is 9.56. The maximum atomic E-state index is 6.33. The van der Waals surface area contributed by atoms with Gasteiger partial charge >= 0.3 is 0 Å². The minimum atomic E-state index is 0.647. The molecule has 0 aromatic heterocycles. The van der Waals surface area contributed by atoms with Crippen molar-refractivity contribution in [2.45, 2.75) is 39.3 Å². The van der Waals surface area contributed by atoms with Crippen molar-refractivity contribution in [3.8, 4) is 0 Å². The van der Waals surface area contributed by atoms with Crippen LogP contribution in [0, 0.1) is 5.92 Å². The smallest absolute Gasteiger partial charge is 0.0462 e. The molecule has 2 nitrogen and oxygen atoms in total. The molecule has 1 aliphatic heterocycles. The van der Waals surface area contributed by atoms with Gasteiger partial charge in [0.2, 0.25) is 0 Å². The Labute approximate surface area is 136 Å². The lowest BCUT2D eigenvalue weighted by atomic mass is 10.1. The molecule has 0 bridgehead atoms. The first-order valence-electron chi connectivity index (χ1n) is 7.45. The first kappa shape index (κ1) is 16.3. The molecular formula is C16H24BrClN2. The predicted octanol–water partition coefficient (Wildman–Crippen LogP) is 4.31. The summed E-state index contributed by atoms with van der Waals surface area (Å²) in [4.78, 5) is 2.56. The number of hydrogen-bond donors (Lipinski definition) is 1. The summed E-state index contributed by atoms with van der Waals surface area (Å²) in [6.45, 7) is 8.83. The Morgan fingerprint density at radius 2 is 2.25 bits per heavy atom. The van der Waals surface area contributed by atoms with Gasteiger partial charge in [0.05, 0.1) is 0 Å². The van der Waals surface area contributed by atoms with Gasteiger partial charge in [0.1, 0.15) is 0 Å². The van der Waals surface area contributed by atoms with Gasteiger partial charge < -0.3 is 5.32 Å². The Morgan fingerprint density at radius 3 is 2.95 bits per heavy atom. The number of likely N-dealkylation sites (tertiary alicyclic amines) is 1. The molecule has 0 saturated carbocycles. The fourth-order valence-electron chi connectivity index (χ4n) is 2.74. The van der Waals surface area contributed by atoms with Gasteiger partial charge in [-0.15, -0.1) is 0 Å². The van der Waals surface area contributed by atoms with Crippen LogP contribution in [0.3, 0.4) is 0 Å². The lowest BCUT2D eigenvalue weighted by Crippen LogP contribution is -2.38. The Bertz CT molecular complexity index is 436. The lowest BCUT2D eigenvalue weighted by Gasteiger charge is -2.25. The zero-order valence-electron chi connectivity index (χ0n) is 12.3. The van der Waals surface area contributed by atoms with Crippen molar-refractivity contribution in [1.29, 1.82) is 0 Å². The molecule has 0 radical (unpaired) electrons. The topological polar surface area (TPSA) is 15.3 Å². The van der Waals surface area contributed by atoms with Crippen LogP contribution in [0.25, 0.3) is 0 Å². The molecule has 1 aliphatic rings. The van der Waals surface area contributed by atoms with Gasteiger partial charge in [0, 0.05) is 28.6 Å². The van der Waals surface area contributed by atoms with Crippen LogP contribution in [0.15, 0.2) is 22.7 Å². The number of nitrogens with one attached hydrogen (secondary N) is 1. The second-order valence-electron chi connectivity index (χ2n) is 6.05. The molecule has 1 fully saturated rings. The monoisotopic (exact) mass is 358 g/mol. The summed E-state index contributed by atoms with van der Waals surface area (Å²) in [7, 11) is 0. The van der Waals surface area contributed by atoms with Crippen LogP contribution in [0.1, 0.15) is 32.3 Å². The predicted molar refractivity (Wildman–Crippen MR) is 90.3 cm³/mol. The zero-order chi connectivity index (χ0) is 14.5. The number of hydrogen-bond acceptors (Lipinski definition) is 2. The summed E-state index contributed by atoms with van der Waals surface area (Å²) in [6.07, 6.45) is 2.58. The lowest BCUT2D eigenvalue weighted by molar-refractivity contribution is 0.237. The molecular weight excluding hydrogens is 336 g/mol. The molecule has 0 aliphatic carbocycles. The number of benzene rings is 1. The highest BCUT2D eigenvalue weighted by atomic mass is 79.9. The van der Waals surface area contributed by atoms with Crippen molar-refractivity contribution in [2.24, 2.45) is 5.92 Å². The normalized spacial score (nSPS) is 19.9. The Kier molecular flexibility index (Phi) is 6.34. The van der Waals surface area contributed by atoms with Crippen LogP contribution in [0.4, 0.5) is 0 Å². The Balaban J connectivity index is 1.90. The number of rotatable bonds is 6. The van der Waals surface area contributed by atoms with Gasteiger partial charge in [-0.1, -0.05) is 47.4 Å². The van der Waals surface area contributed by atoms with Crippen molar-refractivity contribution >= 4 is 27.5 Å². The summed E-state index contributed by atoms with van der Waals surface area (Å²) in [5.74, 6) is 0.714. The van der Waals surface area contributed by atoms with Crippen molar-refractivity contribution in [2.75, 3.05) is 19.6 Å². The van der Waals surface area contributed by atoms with Gasteiger partial charge in [-0.25, -0.2) is 0 Å². The van der Waals surface area contributed by atoms with Crippen LogP contribution in [-0.4, -0.2) is 30.6 Å². The highest BCUT2D eigenvalue weighted by molar-refractivity contribution is 9.10. The van der Waals surface area contributed by atoms with Gasteiger partial charge in [0.25, 0.3) is 0 Å². The van der Waals surface area contributed by atoms with Crippen molar-refractivity contribution in [1.82, 2.24) is 10.2 Å².